The van der Waals surface area contributed by atoms with Crippen LogP contribution in [0.4, 0.5) is 4.79 Å². The predicted octanol–water partition coefficient (Wildman–Crippen LogP) is 1.08. The first-order valence-corrected chi connectivity index (χ1v) is 1.85. The molecule has 0 aliphatic rings. The van der Waals surface area contributed by atoms with Crippen molar-refractivity contribution in [1.29, 1.82) is 0 Å². The molecule has 0 unspecified atom stereocenters. The molecule has 0 aromatic carbocycles. The molecule has 0 aromatic heterocycles. The zero-order chi connectivity index (χ0) is 5.15. The van der Waals surface area contributed by atoms with Gasteiger partial charge in [-0.05, 0) is 25.6 Å². The molecule has 0 bridgehead atoms. The summed E-state index contributed by atoms with van der Waals surface area (Å²) in [4.78, 5) is 9.47. The van der Waals surface area contributed by atoms with Crippen LogP contribution in [0.5, 0.6) is 0 Å². The Hall–Kier alpha value is 0.260. The number of halogens is 1. The molecule has 0 aliphatic heterocycles. The highest BCUT2D eigenvalue weighted by atomic mass is 35.5. The number of hydrogen-bond acceptors (Lipinski definition) is 3. The van der Waals surface area contributed by atoms with Gasteiger partial charge in [-0.3, -0.25) is 0 Å². The molecule has 0 aliphatic carbocycles. The zero-order valence-electron chi connectivity index (χ0n) is 3.11. The summed E-state index contributed by atoms with van der Waals surface area (Å²) in [5.74, 6) is 0. The van der Waals surface area contributed by atoms with Crippen LogP contribution in [0, 0.1) is 0 Å². The van der Waals surface area contributed by atoms with Gasteiger partial charge in [0, 0.05) is 0 Å². The maximum absolute atomic E-state index is 9.47. The van der Waals surface area contributed by atoms with Gasteiger partial charge in [-0.2, -0.15) is 3.71 Å². The van der Waals surface area contributed by atoms with Crippen molar-refractivity contribution in [1.82, 2.24) is 3.71 Å². The number of nitrogens with zero attached hydrogens (tertiary/aromatic N) is 1. The molecule has 0 spiro atoms. The molecule has 0 saturated carbocycles. The summed E-state index contributed by atoms with van der Waals surface area (Å²) in [5.41, 5.74) is 0. The molecular weight excluding hydrogens is 158 g/mol. The molecule has 6 heteroatoms. The molecule has 0 rings (SSSR count). The normalized spacial score (nSPS) is 6.57. The van der Waals surface area contributed by atoms with Crippen LogP contribution in [0.2, 0.25) is 0 Å². The van der Waals surface area contributed by atoms with E-state index in [4.69, 9.17) is 5.11 Å². The summed E-state index contributed by atoms with van der Waals surface area (Å²) in [6.07, 6.45) is -1.18. The van der Waals surface area contributed by atoms with Crippen molar-refractivity contribution in [2.75, 3.05) is 0 Å². The van der Waals surface area contributed by atoms with Crippen LogP contribution in [-0.4, -0.2) is 14.9 Å². The molecule has 0 heterocycles. The van der Waals surface area contributed by atoms with Gasteiger partial charge in [-0.15, -0.1) is 12.4 Å². The molecule has 0 saturated heterocycles. The van der Waals surface area contributed by atoms with E-state index in [1.165, 1.54) is 0 Å². The second-order valence-electron chi connectivity index (χ2n) is 0.572. The Kier molecular flexibility index (Phi) is 6.49. The summed E-state index contributed by atoms with van der Waals surface area (Å²) in [7, 11) is 0. The Bertz CT molecular complexity index is 66.7. The van der Waals surface area contributed by atoms with E-state index < -0.39 is 6.09 Å². The Labute approximate surface area is 58.2 Å². The fourth-order valence-electron chi connectivity index (χ4n) is 0. The maximum Gasteiger partial charge on any atom is 0.427 e. The molecular formula is CH4ClNO2S2. The first-order chi connectivity index (χ1) is 2.64. The summed E-state index contributed by atoms with van der Waals surface area (Å²) in [5, 5.41) is 7.76. The fourth-order valence-corrected chi connectivity index (χ4v) is 0. The van der Waals surface area contributed by atoms with Gasteiger partial charge in [0.1, 0.15) is 0 Å². The number of carboxylic acid groups (broad SMARTS) is 1. The third-order valence-corrected chi connectivity index (χ3v) is 0.513. The Morgan fingerprint density at radius 1 is 1.57 bits per heavy atom. The summed E-state index contributed by atoms with van der Waals surface area (Å²) in [6, 6.07) is 0. The van der Waals surface area contributed by atoms with Crippen molar-refractivity contribution in [3.05, 3.63) is 0 Å². The van der Waals surface area contributed by atoms with Gasteiger partial charge in [0.15, 0.2) is 0 Å². The van der Waals surface area contributed by atoms with Gasteiger partial charge in [0.25, 0.3) is 0 Å². The lowest BCUT2D eigenvalue weighted by Crippen LogP contribution is -2.05. The van der Waals surface area contributed by atoms with E-state index in [1.807, 2.05) is 0 Å². The molecule has 44 valence electrons. The first-order valence-electron chi connectivity index (χ1n) is 1.05. The summed E-state index contributed by atoms with van der Waals surface area (Å²) in [6.45, 7) is 0. The third-order valence-electron chi connectivity index (χ3n) is 0.171. The second kappa shape index (κ2) is 4.42. The lowest BCUT2D eigenvalue weighted by Gasteiger charge is -1.95. The highest BCUT2D eigenvalue weighted by Crippen LogP contribution is 1.94. The van der Waals surface area contributed by atoms with Crippen LogP contribution in [-0.2, 0) is 0 Å². The van der Waals surface area contributed by atoms with E-state index in [0.29, 0.717) is 3.71 Å². The Balaban J connectivity index is 0. The van der Waals surface area contributed by atoms with Gasteiger partial charge in [-0.25, -0.2) is 4.79 Å². The summed E-state index contributed by atoms with van der Waals surface area (Å²) < 4.78 is 0.472. The van der Waals surface area contributed by atoms with Crippen LogP contribution in [0.1, 0.15) is 0 Å². The van der Waals surface area contributed by atoms with Gasteiger partial charge < -0.3 is 5.11 Å². The lowest BCUT2D eigenvalue weighted by atomic mass is 11.3. The molecule has 1 N–H and O–H groups in total. The average molecular weight is 162 g/mol. The average Bonchev–Trinajstić information content (AvgIpc) is 1.36. The molecule has 1 amide bonds. The van der Waals surface area contributed by atoms with Crippen molar-refractivity contribution in [3.8, 4) is 0 Å². The number of rotatable bonds is 0. The zero-order valence-corrected chi connectivity index (χ0v) is 5.71. The predicted molar refractivity (Wildman–Crippen MR) is 35.1 cm³/mol. The quantitative estimate of drug-likeness (QED) is 0.466. The van der Waals surface area contributed by atoms with Gasteiger partial charge >= 0.3 is 6.09 Å². The van der Waals surface area contributed by atoms with Crippen LogP contribution in [0.3, 0.4) is 0 Å². The van der Waals surface area contributed by atoms with Crippen molar-refractivity contribution in [2.45, 2.75) is 0 Å². The SMILES string of the molecule is Cl.O=C(O)N(S)S. The molecule has 0 radical (unpaired) electrons. The van der Waals surface area contributed by atoms with E-state index in [-0.39, 0.29) is 12.4 Å². The number of amides is 1. The van der Waals surface area contributed by atoms with Gasteiger partial charge in [0.2, 0.25) is 0 Å². The Morgan fingerprint density at radius 3 is 1.71 bits per heavy atom. The van der Waals surface area contributed by atoms with E-state index in [0.717, 1.165) is 0 Å². The molecule has 0 fully saturated rings. The minimum Gasteiger partial charge on any atom is -0.464 e. The molecule has 0 aromatic rings. The van der Waals surface area contributed by atoms with E-state index in [1.54, 1.807) is 0 Å². The highest BCUT2D eigenvalue weighted by Gasteiger charge is 1.95. The second-order valence-corrected chi connectivity index (χ2v) is 1.69. The number of hydrogen-bond donors (Lipinski definition) is 3. The minimum atomic E-state index is -1.18. The van der Waals surface area contributed by atoms with Gasteiger partial charge in [-0.1, -0.05) is 0 Å². The van der Waals surface area contributed by atoms with Crippen LogP contribution >= 0.6 is 38.0 Å². The topological polar surface area (TPSA) is 40.5 Å². The molecule has 3 nitrogen and oxygen atoms in total. The number of carbonyl (C=O) groups is 1. The smallest absolute Gasteiger partial charge is 0.427 e. The summed E-state index contributed by atoms with van der Waals surface area (Å²) >= 11 is 6.58. The molecule has 7 heavy (non-hydrogen) atoms. The monoisotopic (exact) mass is 161 g/mol. The number of thiol groups is 2. The molecule has 0 atom stereocenters. The van der Waals surface area contributed by atoms with Crippen LogP contribution < -0.4 is 0 Å². The highest BCUT2D eigenvalue weighted by molar-refractivity contribution is 7.94. The van der Waals surface area contributed by atoms with Crippen molar-refractivity contribution in [2.24, 2.45) is 0 Å². The van der Waals surface area contributed by atoms with E-state index >= 15 is 0 Å². The lowest BCUT2D eigenvalue weighted by molar-refractivity contribution is 0.191. The minimum absolute atomic E-state index is 0. The largest absolute Gasteiger partial charge is 0.464 e. The van der Waals surface area contributed by atoms with Crippen LogP contribution in [0.25, 0.3) is 0 Å². The van der Waals surface area contributed by atoms with Gasteiger partial charge in [0.05, 0.1) is 0 Å². The van der Waals surface area contributed by atoms with Crippen molar-refractivity contribution in [3.63, 3.8) is 0 Å². The Morgan fingerprint density at radius 2 is 1.71 bits per heavy atom. The maximum atomic E-state index is 9.47. The van der Waals surface area contributed by atoms with E-state index in [2.05, 4.69) is 25.6 Å². The van der Waals surface area contributed by atoms with E-state index in [9.17, 15) is 4.79 Å². The fraction of sp³-hybridized carbons (Fsp3) is 0. The standard InChI is InChI=1S/CH3NO2S2.ClH/c3-1(4)2(5)6;/h5-6H,(H,3,4);1H. The third kappa shape index (κ3) is 6.26. The van der Waals surface area contributed by atoms with Crippen molar-refractivity contribution >= 4 is 44.1 Å². The van der Waals surface area contributed by atoms with Crippen molar-refractivity contribution < 1.29 is 9.90 Å². The van der Waals surface area contributed by atoms with Crippen LogP contribution in [0.15, 0.2) is 0 Å². The first kappa shape index (κ1) is 10.3.